The Bertz CT molecular complexity index is 202. The number of hydrogen-bond acceptors (Lipinski definition) is 4. The highest BCUT2D eigenvalue weighted by Crippen LogP contribution is 1.59. The van der Waals surface area contributed by atoms with E-state index in [9.17, 15) is 4.79 Å². The average Bonchev–Trinajstić information content (AvgIpc) is 1.94. The summed E-state index contributed by atoms with van der Waals surface area (Å²) in [4.78, 5) is 10.3. The first-order chi connectivity index (χ1) is 3.89. The van der Waals surface area contributed by atoms with Crippen LogP contribution in [0.3, 0.4) is 0 Å². The lowest BCUT2D eigenvalue weighted by Crippen LogP contribution is -1.99. The smallest absolute Gasteiger partial charge is 0.266 e. The molecule has 1 heterocycles. The minimum atomic E-state index is -0.373. The van der Waals surface area contributed by atoms with Crippen molar-refractivity contribution in [3.63, 3.8) is 0 Å². The van der Waals surface area contributed by atoms with Crippen molar-refractivity contribution >= 4 is 0 Å². The van der Waals surface area contributed by atoms with Crippen LogP contribution in [0.25, 0.3) is 0 Å². The molecule has 0 aliphatic carbocycles. The largest absolute Gasteiger partial charge is 0.290 e. The SMILES string of the molecule is O=c1cccnnn1. The predicted molar refractivity (Wildman–Crippen MR) is 26.1 cm³/mol. The molecule has 0 unspecified atom stereocenters. The van der Waals surface area contributed by atoms with Crippen molar-refractivity contribution in [2.75, 3.05) is 0 Å². The molecule has 1 aromatic heterocycles. The highest BCUT2D eigenvalue weighted by molar-refractivity contribution is 4.79. The average molecular weight is 109 g/mol. The molecule has 4 heteroatoms. The molecule has 0 amide bonds. The van der Waals surface area contributed by atoms with Crippen LogP contribution in [0, 0.1) is 0 Å². The number of nitrogens with zero attached hydrogens (tertiary/aromatic N) is 3. The van der Waals surface area contributed by atoms with Crippen LogP contribution < -0.4 is 5.56 Å². The van der Waals surface area contributed by atoms with E-state index in [0.29, 0.717) is 0 Å². The molecule has 40 valence electrons. The molecule has 0 N–H and O–H groups in total. The summed E-state index contributed by atoms with van der Waals surface area (Å²) < 4.78 is 0. The summed E-state index contributed by atoms with van der Waals surface area (Å²) in [6, 6.07) is 2.78. The van der Waals surface area contributed by atoms with Crippen molar-refractivity contribution in [2.45, 2.75) is 0 Å². The summed E-state index contributed by atoms with van der Waals surface area (Å²) in [5, 5.41) is 9.61. The van der Waals surface area contributed by atoms with E-state index in [-0.39, 0.29) is 5.56 Å². The van der Waals surface area contributed by atoms with Gasteiger partial charge in [-0.15, -0.1) is 5.10 Å². The quantitative estimate of drug-likeness (QED) is 0.439. The van der Waals surface area contributed by atoms with Gasteiger partial charge in [-0.2, -0.15) is 0 Å². The van der Waals surface area contributed by atoms with E-state index in [0.717, 1.165) is 0 Å². The predicted octanol–water partition coefficient (Wildman–Crippen LogP) is -0.768. The van der Waals surface area contributed by atoms with E-state index in [1.807, 2.05) is 0 Å². The standard InChI is InChI=1S/C4H3N3O/c8-4-2-1-3-5-7-6-4/h1-3H. The normalized spacial score (nSPS) is 8.50. The number of rotatable bonds is 0. The van der Waals surface area contributed by atoms with Crippen molar-refractivity contribution in [1.82, 2.24) is 15.4 Å². The van der Waals surface area contributed by atoms with Crippen LogP contribution in [-0.4, -0.2) is 15.4 Å². The Labute approximate surface area is 45.2 Å². The Morgan fingerprint density at radius 1 is 1.50 bits per heavy atom. The van der Waals surface area contributed by atoms with Crippen LogP contribution in [0.5, 0.6) is 0 Å². The highest BCUT2D eigenvalue weighted by Gasteiger charge is 1.73. The van der Waals surface area contributed by atoms with Crippen molar-refractivity contribution in [3.8, 4) is 0 Å². The van der Waals surface area contributed by atoms with Gasteiger partial charge in [-0.1, -0.05) is 5.10 Å². The van der Waals surface area contributed by atoms with Crippen molar-refractivity contribution in [3.05, 3.63) is 28.7 Å². The molecule has 1 rings (SSSR count). The molecule has 0 radical (unpaired) electrons. The van der Waals surface area contributed by atoms with Crippen LogP contribution in [0.1, 0.15) is 0 Å². The van der Waals surface area contributed by atoms with Gasteiger partial charge < -0.3 is 0 Å². The van der Waals surface area contributed by atoms with Gasteiger partial charge >= 0.3 is 0 Å². The summed E-state index contributed by atoms with van der Waals surface area (Å²) >= 11 is 0. The Morgan fingerprint density at radius 2 is 2.38 bits per heavy atom. The Kier molecular flexibility index (Phi) is 1.27. The van der Waals surface area contributed by atoms with Crippen molar-refractivity contribution in [2.24, 2.45) is 0 Å². The van der Waals surface area contributed by atoms with Gasteiger partial charge in [0.2, 0.25) is 0 Å². The number of hydrogen-bond donors (Lipinski definition) is 0. The van der Waals surface area contributed by atoms with Crippen LogP contribution in [0.2, 0.25) is 0 Å². The topological polar surface area (TPSA) is 55.7 Å². The van der Waals surface area contributed by atoms with Crippen LogP contribution in [0.4, 0.5) is 0 Å². The first-order valence-electron chi connectivity index (χ1n) is 2.04. The fraction of sp³-hybridized carbons (Fsp3) is 0. The lowest BCUT2D eigenvalue weighted by Gasteiger charge is -1.54. The first-order valence-corrected chi connectivity index (χ1v) is 2.04. The van der Waals surface area contributed by atoms with Gasteiger partial charge in [0.25, 0.3) is 5.56 Å². The maximum Gasteiger partial charge on any atom is 0.290 e. The maximum absolute atomic E-state index is 10.3. The minimum Gasteiger partial charge on any atom is -0.266 e. The van der Waals surface area contributed by atoms with Gasteiger partial charge in [-0.3, -0.25) is 4.79 Å². The summed E-state index contributed by atoms with van der Waals surface area (Å²) in [7, 11) is 0. The molecule has 0 saturated carbocycles. The van der Waals surface area contributed by atoms with Gasteiger partial charge in [0.1, 0.15) is 0 Å². The molecule has 0 bridgehead atoms. The summed E-state index contributed by atoms with van der Waals surface area (Å²) in [5.74, 6) is 0. The lowest BCUT2D eigenvalue weighted by molar-refractivity contribution is 0.872. The van der Waals surface area contributed by atoms with Gasteiger partial charge in [-0.25, -0.2) is 0 Å². The highest BCUT2D eigenvalue weighted by atomic mass is 16.1. The Balaban J connectivity index is 3.32. The maximum atomic E-state index is 10.3. The van der Waals surface area contributed by atoms with Gasteiger partial charge in [0, 0.05) is 6.07 Å². The molecule has 8 heavy (non-hydrogen) atoms. The Morgan fingerprint density at radius 3 is 3.25 bits per heavy atom. The zero-order valence-corrected chi connectivity index (χ0v) is 3.98. The fourth-order valence-electron chi connectivity index (χ4n) is 0.297. The zero-order chi connectivity index (χ0) is 5.82. The third-order valence-electron chi connectivity index (χ3n) is 0.586. The molecule has 0 spiro atoms. The molecular formula is C4H3N3O. The molecule has 4 nitrogen and oxygen atoms in total. The van der Waals surface area contributed by atoms with Gasteiger partial charge in [-0.05, 0) is 11.3 Å². The van der Waals surface area contributed by atoms with Gasteiger partial charge in [0.15, 0.2) is 0 Å². The number of aromatic nitrogens is 3. The van der Waals surface area contributed by atoms with Crippen LogP contribution >= 0.6 is 0 Å². The monoisotopic (exact) mass is 109 g/mol. The Hall–Kier alpha value is -1.32. The van der Waals surface area contributed by atoms with E-state index in [4.69, 9.17) is 0 Å². The molecule has 0 aromatic carbocycles. The second kappa shape index (κ2) is 2.11. The van der Waals surface area contributed by atoms with Crippen molar-refractivity contribution < 1.29 is 0 Å². The van der Waals surface area contributed by atoms with Crippen LogP contribution in [-0.2, 0) is 0 Å². The first kappa shape index (κ1) is 4.83. The second-order valence-electron chi connectivity index (χ2n) is 1.15. The fourth-order valence-corrected chi connectivity index (χ4v) is 0.297. The molecule has 0 saturated heterocycles. The van der Waals surface area contributed by atoms with E-state index in [2.05, 4.69) is 15.4 Å². The zero-order valence-electron chi connectivity index (χ0n) is 3.98. The summed E-state index contributed by atoms with van der Waals surface area (Å²) in [5.41, 5.74) is -0.373. The summed E-state index contributed by atoms with van der Waals surface area (Å²) in [6.07, 6.45) is 1.40. The van der Waals surface area contributed by atoms with Gasteiger partial charge in [0.05, 0.1) is 6.20 Å². The third-order valence-corrected chi connectivity index (χ3v) is 0.586. The molecule has 0 atom stereocenters. The minimum absolute atomic E-state index is 0.373. The van der Waals surface area contributed by atoms with E-state index >= 15 is 0 Å². The molecule has 0 aliphatic heterocycles. The third kappa shape index (κ3) is 1.07. The van der Waals surface area contributed by atoms with Crippen LogP contribution in [0.15, 0.2) is 23.1 Å². The summed E-state index contributed by atoms with van der Waals surface area (Å²) in [6.45, 7) is 0. The molecule has 0 aliphatic rings. The van der Waals surface area contributed by atoms with Crippen molar-refractivity contribution in [1.29, 1.82) is 0 Å². The van der Waals surface area contributed by atoms with E-state index in [1.165, 1.54) is 18.3 Å². The molecule has 1 aromatic rings. The van der Waals surface area contributed by atoms with E-state index < -0.39 is 0 Å². The van der Waals surface area contributed by atoms with E-state index in [1.54, 1.807) is 0 Å². The second-order valence-corrected chi connectivity index (χ2v) is 1.15. The molecule has 0 fully saturated rings. The molecular weight excluding hydrogens is 106 g/mol. The lowest BCUT2D eigenvalue weighted by atomic mass is 10.6.